The minimum absolute atomic E-state index is 0.0454. The van der Waals surface area contributed by atoms with E-state index in [0.717, 1.165) is 56.5 Å². The highest BCUT2D eigenvalue weighted by molar-refractivity contribution is 6.02. The number of piperidine rings is 1. The monoisotopic (exact) mass is 498 g/mol. The maximum atomic E-state index is 13.7. The van der Waals surface area contributed by atoms with Gasteiger partial charge in [0.1, 0.15) is 5.69 Å². The zero-order valence-corrected chi connectivity index (χ0v) is 20.9. The van der Waals surface area contributed by atoms with Gasteiger partial charge in [-0.05, 0) is 55.9 Å². The van der Waals surface area contributed by atoms with Gasteiger partial charge in [0.25, 0.3) is 17.7 Å². The number of piperazine rings is 1. The van der Waals surface area contributed by atoms with Gasteiger partial charge in [-0.3, -0.25) is 14.5 Å². The smallest absolute Gasteiger partial charge is 0.270 e. The van der Waals surface area contributed by atoms with Crippen LogP contribution in [0.2, 0.25) is 0 Å². The number of benzene rings is 1. The molecule has 2 saturated carbocycles. The molecule has 0 bridgehead atoms. The van der Waals surface area contributed by atoms with Crippen molar-refractivity contribution in [3.05, 3.63) is 35.5 Å². The number of likely N-dealkylation sites (tertiary alicyclic amines) is 1. The van der Waals surface area contributed by atoms with Crippen molar-refractivity contribution in [2.24, 2.45) is 5.92 Å². The lowest BCUT2D eigenvalue weighted by atomic mass is 10.1. The third kappa shape index (κ3) is 4.76. The van der Waals surface area contributed by atoms with Gasteiger partial charge in [-0.1, -0.05) is 12.8 Å². The number of aromatic nitrogens is 1. The fourth-order valence-corrected chi connectivity index (χ4v) is 6.28. The van der Waals surface area contributed by atoms with Crippen LogP contribution < -0.4 is 0 Å². The zero-order valence-electron chi connectivity index (χ0n) is 20.9. The van der Waals surface area contributed by atoms with Crippen LogP contribution in [-0.4, -0.2) is 82.3 Å². The molecule has 2 aliphatic heterocycles. The molecular weight excluding hydrogens is 462 g/mol. The molecule has 36 heavy (non-hydrogen) atoms. The van der Waals surface area contributed by atoms with Crippen molar-refractivity contribution in [2.45, 2.75) is 69.9 Å². The fourth-order valence-electron chi connectivity index (χ4n) is 6.28. The van der Waals surface area contributed by atoms with Gasteiger partial charge in [-0.25, -0.2) is 8.78 Å². The van der Waals surface area contributed by atoms with Crippen LogP contribution in [0.1, 0.15) is 72.2 Å². The number of rotatable bonds is 5. The first-order chi connectivity index (χ1) is 17.4. The van der Waals surface area contributed by atoms with Gasteiger partial charge in [0, 0.05) is 81.2 Å². The Labute approximate surface area is 211 Å². The van der Waals surface area contributed by atoms with Crippen molar-refractivity contribution < 1.29 is 18.4 Å². The number of hydrogen-bond donors (Lipinski definition) is 0. The van der Waals surface area contributed by atoms with E-state index in [1.807, 2.05) is 29.2 Å². The molecule has 0 radical (unpaired) electrons. The summed E-state index contributed by atoms with van der Waals surface area (Å²) in [6, 6.07) is 8.30. The normalized spacial score (nSPS) is 23.5. The molecule has 0 atom stereocenters. The molecule has 1 aromatic heterocycles. The van der Waals surface area contributed by atoms with Gasteiger partial charge < -0.3 is 14.4 Å². The van der Waals surface area contributed by atoms with Crippen LogP contribution >= 0.6 is 0 Å². The van der Waals surface area contributed by atoms with E-state index in [-0.39, 0.29) is 37.7 Å². The molecule has 2 saturated heterocycles. The summed E-state index contributed by atoms with van der Waals surface area (Å²) in [5.41, 5.74) is 2.14. The molecule has 2 aromatic rings. The van der Waals surface area contributed by atoms with E-state index < -0.39 is 5.92 Å². The Hall–Kier alpha value is -2.48. The summed E-state index contributed by atoms with van der Waals surface area (Å²) >= 11 is 0. The molecular formula is C28H36F2N4O2. The van der Waals surface area contributed by atoms with Crippen LogP contribution in [0.25, 0.3) is 10.9 Å². The number of amides is 2. The van der Waals surface area contributed by atoms with Gasteiger partial charge in [0.2, 0.25) is 0 Å². The summed E-state index contributed by atoms with van der Waals surface area (Å²) in [6.07, 6.45) is 6.92. The summed E-state index contributed by atoms with van der Waals surface area (Å²) < 4.78 is 29.4. The number of halogens is 2. The summed E-state index contributed by atoms with van der Waals surface area (Å²) in [5.74, 6) is -2.27. The van der Waals surface area contributed by atoms with E-state index in [1.54, 1.807) is 4.90 Å². The van der Waals surface area contributed by atoms with E-state index in [1.165, 1.54) is 25.7 Å². The van der Waals surface area contributed by atoms with Crippen LogP contribution in [0.15, 0.2) is 24.3 Å². The molecule has 0 spiro atoms. The lowest BCUT2D eigenvalue weighted by Gasteiger charge is -2.38. The van der Waals surface area contributed by atoms with E-state index in [2.05, 4.69) is 9.47 Å². The number of carbonyl (C=O) groups is 2. The van der Waals surface area contributed by atoms with Gasteiger partial charge >= 0.3 is 0 Å². The van der Waals surface area contributed by atoms with Crippen LogP contribution in [0, 0.1) is 5.92 Å². The first-order valence-corrected chi connectivity index (χ1v) is 13.7. The lowest BCUT2D eigenvalue weighted by Crippen LogP contribution is -2.51. The molecule has 8 heteroatoms. The van der Waals surface area contributed by atoms with E-state index in [0.29, 0.717) is 23.2 Å². The number of alkyl halides is 2. The summed E-state index contributed by atoms with van der Waals surface area (Å²) in [4.78, 5) is 32.8. The second-order valence-electron chi connectivity index (χ2n) is 11.3. The highest BCUT2D eigenvalue weighted by atomic mass is 19.3. The van der Waals surface area contributed by atoms with Crippen molar-refractivity contribution >= 4 is 22.7 Å². The average molecular weight is 499 g/mol. The van der Waals surface area contributed by atoms with Gasteiger partial charge in [0.15, 0.2) is 0 Å². The Morgan fingerprint density at radius 3 is 2.17 bits per heavy atom. The number of nitrogens with zero attached hydrogens (tertiary/aromatic N) is 4. The van der Waals surface area contributed by atoms with Crippen molar-refractivity contribution in [1.82, 2.24) is 19.3 Å². The lowest BCUT2D eigenvalue weighted by molar-refractivity contribution is -0.0495. The highest BCUT2D eigenvalue weighted by Gasteiger charge is 2.37. The molecule has 3 heterocycles. The third-order valence-electron chi connectivity index (χ3n) is 8.73. The second kappa shape index (κ2) is 9.43. The van der Waals surface area contributed by atoms with Crippen molar-refractivity contribution in [3.8, 4) is 0 Å². The standard InChI is InChI=1S/C28H36F2N4O2/c29-28(30)9-11-32(12-10-28)27(36)25-18-22-17-21(7-8-24(22)34(25)19-20-5-6-20)26(35)33-15-13-31(14-16-33)23-3-1-2-4-23/h7-8,17-18,20,23H,1-6,9-16,19H2. The molecule has 6 nitrogen and oxygen atoms in total. The first-order valence-electron chi connectivity index (χ1n) is 13.7. The first kappa shape index (κ1) is 23.9. The SMILES string of the molecule is O=C(c1ccc2c(c1)cc(C(=O)N1CCC(F)(F)CC1)n2CC1CC1)N1CCN(C2CCCC2)CC1. The van der Waals surface area contributed by atoms with Crippen LogP contribution in [0.5, 0.6) is 0 Å². The maximum Gasteiger partial charge on any atom is 0.270 e. The Morgan fingerprint density at radius 2 is 1.50 bits per heavy atom. The highest BCUT2D eigenvalue weighted by Crippen LogP contribution is 2.35. The van der Waals surface area contributed by atoms with Crippen molar-refractivity contribution in [1.29, 1.82) is 0 Å². The Bertz CT molecular complexity index is 1130. The van der Waals surface area contributed by atoms with E-state index in [9.17, 15) is 18.4 Å². The number of fused-ring (bicyclic) bond motifs is 1. The molecule has 4 fully saturated rings. The van der Waals surface area contributed by atoms with Gasteiger partial charge in [0.05, 0.1) is 0 Å². The topological polar surface area (TPSA) is 48.8 Å². The molecule has 0 N–H and O–H groups in total. The summed E-state index contributed by atoms with van der Waals surface area (Å²) in [5, 5.41) is 0.872. The van der Waals surface area contributed by atoms with E-state index in [4.69, 9.17) is 0 Å². The van der Waals surface area contributed by atoms with Crippen LogP contribution in [0.3, 0.4) is 0 Å². The second-order valence-corrected chi connectivity index (χ2v) is 11.3. The molecule has 1 aromatic carbocycles. The van der Waals surface area contributed by atoms with Crippen LogP contribution in [-0.2, 0) is 6.54 Å². The molecule has 6 rings (SSSR count). The summed E-state index contributed by atoms with van der Waals surface area (Å²) in [6.45, 7) is 4.28. The Morgan fingerprint density at radius 1 is 0.833 bits per heavy atom. The Balaban J connectivity index is 1.21. The van der Waals surface area contributed by atoms with Gasteiger partial charge in [-0.15, -0.1) is 0 Å². The summed E-state index contributed by atoms with van der Waals surface area (Å²) in [7, 11) is 0. The zero-order chi connectivity index (χ0) is 24.9. The number of carbonyl (C=O) groups excluding carboxylic acids is 2. The minimum atomic E-state index is -2.69. The fraction of sp³-hybridized carbons (Fsp3) is 0.643. The van der Waals surface area contributed by atoms with Gasteiger partial charge in [-0.2, -0.15) is 0 Å². The predicted molar refractivity (Wildman–Crippen MR) is 134 cm³/mol. The maximum absolute atomic E-state index is 13.7. The average Bonchev–Trinajstić information content (AvgIpc) is 3.39. The quantitative estimate of drug-likeness (QED) is 0.604. The molecule has 2 amide bonds. The van der Waals surface area contributed by atoms with Crippen molar-refractivity contribution in [2.75, 3.05) is 39.3 Å². The Kier molecular flexibility index (Phi) is 6.26. The van der Waals surface area contributed by atoms with E-state index >= 15 is 0 Å². The molecule has 4 aliphatic rings. The number of hydrogen-bond acceptors (Lipinski definition) is 3. The molecule has 2 aliphatic carbocycles. The third-order valence-corrected chi connectivity index (χ3v) is 8.73. The molecule has 0 unspecified atom stereocenters. The van der Waals surface area contributed by atoms with Crippen molar-refractivity contribution in [3.63, 3.8) is 0 Å². The molecule has 194 valence electrons. The van der Waals surface area contributed by atoms with Crippen LogP contribution in [0.4, 0.5) is 8.78 Å². The predicted octanol–water partition coefficient (Wildman–Crippen LogP) is 4.62. The largest absolute Gasteiger partial charge is 0.337 e. The minimum Gasteiger partial charge on any atom is -0.337 e.